The van der Waals surface area contributed by atoms with Gasteiger partial charge >= 0.3 is 5.97 Å². The van der Waals surface area contributed by atoms with Crippen LogP contribution in [0.5, 0.6) is 0 Å². The first-order valence-corrected chi connectivity index (χ1v) is 8.22. The number of nitrogens with zero attached hydrogens (tertiary/aromatic N) is 2. The van der Waals surface area contributed by atoms with E-state index in [1.165, 1.54) is 17.3 Å². The van der Waals surface area contributed by atoms with Gasteiger partial charge in [0.05, 0.1) is 5.56 Å². The second-order valence-corrected chi connectivity index (χ2v) is 6.34. The molecule has 0 aliphatic carbocycles. The summed E-state index contributed by atoms with van der Waals surface area (Å²) in [5, 5.41) is 4.42. The smallest absolute Gasteiger partial charge is 0.341 e. The maximum Gasteiger partial charge on any atom is 0.341 e. The molecule has 0 amide bonds. The van der Waals surface area contributed by atoms with Gasteiger partial charge in [0.25, 0.3) is 0 Å². The molecular weight excluding hydrogens is 324 g/mol. The van der Waals surface area contributed by atoms with E-state index in [9.17, 15) is 4.79 Å². The normalized spacial score (nSPS) is 10.6. The lowest BCUT2D eigenvalue weighted by Crippen LogP contribution is -2.07. The number of hydrogen-bond donors (Lipinski definition) is 0. The molecule has 0 bridgehead atoms. The highest BCUT2D eigenvalue weighted by molar-refractivity contribution is 7.99. The molecule has 0 unspecified atom stereocenters. The van der Waals surface area contributed by atoms with E-state index in [1.807, 2.05) is 31.2 Å². The molecule has 24 heavy (non-hydrogen) atoms. The molecule has 0 atom stereocenters. The number of aryl methyl sites for hydroxylation is 2. The average Bonchev–Trinajstić information content (AvgIpc) is 3.01. The van der Waals surface area contributed by atoms with Crippen LogP contribution in [0.15, 0.2) is 63.1 Å². The molecular formula is C18H16N2O3S. The summed E-state index contributed by atoms with van der Waals surface area (Å²) in [4.78, 5) is 17.7. The van der Waals surface area contributed by atoms with Gasteiger partial charge in [-0.15, -0.1) is 0 Å². The summed E-state index contributed by atoms with van der Waals surface area (Å²) in [7, 11) is 0. The molecule has 6 heteroatoms. The van der Waals surface area contributed by atoms with Gasteiger partial charge in [-0.3, -0.25) is 0 Å². The van der Waals surface area contributed by atoms with Crippen molar-refractivity contribution in [1.82, 2.24) is 10.1 Å². The van der Waals surface area contributed by atoms with Crippen molar-refractivity contribution in [2.24, 2.45) is 0 Å². The summed E-state index contributed by atoms with van der Waals surface area (Å²) in [6.07, 6.45) is 1.66. The summed E-state index contributed by atoms with van der Waals surface area (Å²) in [5.74, 6) is 0.247. The predicted molar refractivity (Wildman–Crippen MR) is 89.9 cm³/mol. The highest BCUT2D eigenvalue weighted by atomic mass is 32.2. The molecule has 0 saturated heterocycles. The van der Waals surface area contributed by atoms with E-state index < -0.39 is 5.97 Å². The van der Waals surface area contributed by atoms with Crippen LogP contribution in [-0.4, -0.2) is 16.1 Å². The third-order valence-electron chi connectivity index (χ3n) is 3.25. The van der Waals surface area contributed by atoms with E-state index >= 15 is 0 Å². The van der Waals surface area contributed by atoms with Crippen LogP contribution >= 0.6 is 11.8 Å². The number of pyridine rings is 1. The Bertz CT molecular complexity index is 843. The van der Waals surface area contributed by atoms with Crippen LogP contribution in [-0.2, 0) is 11.3 Å². The third-order valence-corrected chi connectivity index (χ3v) is 4.28. The van der Waals surface area contributed by atoms with Crippen molar-refractivity contribution in [3.05, 3.63) is 71.2 Å². The summed E-state index contributed by atoms with van der Waals surface area (Å²) >= 11 is 1.43. The Kier molecular flexibility index (Phi) is 4.96. The minimum Gasteiger partial charge on any atom is -0.455 e. The third kappa shape index (κ3) is 4.02. The van der Waals surface area contributed by atoms with Crippen molar-refractivity contribution >= 4 is 17.7 Å². The number of benzene rings is 1. The summed E-state index contributed by atoms with van der Waals surface area (Å²) in [5.41, 5.74) is 2.20. The van der Waals surface area contributed by atoms with Crippen molar-refractivity contribution in [2.75, 3.05) is 0 Å². The number of ether oxygens (including phenoxy) is 1. The molecule has 2 heterocycles. The summed E-state index contributed by atoms with van der Waals surface area (Å²) < 4.78 is 10.3. The van der Waals surface area contributed by atoms with Crippen LogP contribution in [0, 0.1) is 13.8 Å². The van der Waals surface area contributed by atoms with Crippen molar-refractivity contribution in [1.29, 1.82) is 0 Å². The zero-order valence-electron chi connectivity index (χ0n) is 13.4. The molecule has 0 saturated carbocycles. The molecule has 0 radical (unpaired) electrons. The lowest BCUT2D eigenvalue weighted by Gasteiger charge is -2.08. The van der Waals surface area contributed by atoms with Crippen molar-refractivity contribution in [3.8, 4) is 0 Å². The minimum absolute atomic E-state index is 0.0692. The number of carbonyl (C=O) groups excluding carboxylic acids is 1. The largest absolute Gasteiger partial charge is 0.455 e. The summed E-state index contributed by atoms with van der Waals surface area (Å²) in [6, 6.07) is 13.2. The fourth-order valence-corrected chi connectivity index (χ4v) is 2.92. The van der Waals surface area contributed by atoms with Crippen LogP contribution in [0.4, 0.5) is 0 Å². The molecule has 1 aromatic carbocycles. The molecule has 0 fully saturated rings. The van der Waals surface area contributed by atoms with Crippen molar-refractivity contribution < 1.29 is 14.1 Å². The number of carbonyl (C=O) groups is 1. The molecule has 0 N–H and O–H groups in total. The van der Waals surface area contributed by atoms with Gasteiger partial charge in [0.1, 0.15) is 23.1 Å². The van der Waals surface area contributed by atoms with Gasteiger partial charge in [-0.1, -0.05) is 34.6 Å². The van der Waals surface area contributed by atoms with Crippen molar-refractivity contribution in [3.63, 3.8) is 0 Å². The lowest BCUT2D eigenvalue weighted by molar-refractivity contribution is 0.0459. The quantitative estimate of drug-likeness (QED) is 0.649. The Morgan fingerprint density at radius 1 is 1.21 bits per heavy atom. The van der Waals surface area contributed by atoms with Crippen LogP contribution in [0.1, 0.15) is 27.4 Å². The van der Waals surface area contributed by atoms with Crippen molar-refractivity contribution in [2.45, 2.75) is 30.4 Å². The van der Waals surface area contributed by atoms with Crippen LogP contribution in [0.3, 0.4) is 0 Å². The predicted octanol–water partition coefficient (Wildman–Crippen LogP) is 4.19. The highest BCUT2D eigenvalue weighted by Gasteiger charge is 2.15. The van der Waals surface area contributed by atoms with Crippen LogP contribution in [0.2, 0.25) is 0 Å². The first kappa shape index (κ1) is 16.3. The topological polar surface area (TPSA) is 65.2 Å². The number of esters is 1. The maximum absolute atomic E-state index is 12.4. The Balaban J connectivity index is 1.73. The average molecular weight is 340 g/mol. The maximum atomic E-state index is 12.4. The molecule has 0 aliphatic rings. The minimum atomic E-state index is -0.432. The molecule has 5 nitrogen and oxygen atoms in total. The van der Waals surface area contributed by atoms with Gasteiger partial charge in [-0.05, 0) is 38.1 Å². The fourth-order valence-electron chi connectivity index (χ4n) is 2.05. The van der Waals surface area contributed by atoms with E-state index in [0.717, 1.165) is 4.90 Å². The van der Waals surface area contributed by atoms with Gasteiger partial charge in [0.2, 0.25) is 0 Å². The van der Waals surface area contributed by atoms with Gasteiger partial charge in [-0.25, -0.2) is 9.78 Å². The number of hydrogen-bond acceptors (Lipinski definition) is 6. The molecule has 3 rings (SSSR count). The van der Waals surface area contributed by atoms with Gasteiger partial charge in [0.15, 0.2) is 0 Å². The first-order valence-electron chi connectivity index (χ1n) is 7.40. The second kappa shape index (κ2) is 7.31. The zero-order valence-corrected chi connectivity index (χ0v) is 14.2. The van der Waals surface area contributed by atoms with E-state index in [-0.39, 0.29) is 6.61 Å². The van der Waals surface area contributed by atoms with Gasteiger partial charge < -0.3 is 9.26 Å². The Hall–Kier alpha value is -2.60. The summed E-state index contributed by atoms with van der Waals surface area (Å²) in [6.45, 7) is 3.89. The Morgan fingerprint density at radius 2 is 2.00 bits per heavy atom. The number of aromatic nitrogens is 2. The standard InChI is InChI=1S/C18H16N2O3S/c1-12-5-7-15(8-6-12)24-17-16(4-3-9-19-17)18(21)22-11-14-10-13(2)23-20-14/h3-10H,11H2,1-2H3. The number of rotatable bonds is 5. The van der Waals surface area contributed by atoms with E-state index in [0.29, 0.717) is 22.0 Å². The van der Waals surface area contributed by atoms with Crippen LogP contribution in [0.25, 0.3) is 0 Å². The van der Waals surface area contributed by atoms with E-state index in [1.54, 1.807) is 31.3 Å². The van der Waals surface area contributed by atoms with E-state index in [2.05, 4.69) is 10.1 Å². The molecule has 3 aromatic rings. The molecule has 0 spiro atoms. The van der Waals surface area contributed by atoms with Gasteiger partial charge in [0, 0.05) is 17.2 Å². The van der Waals surface area contributed by atoms with E-state index in [4.69, 9.17) is 9.26 Å². The monoisotopic (exact) mass is 340 g/mol. The lowest BCUT2D eigenvalue weighted by atomic mass is 10.2. The Morgan fingerprint density at radius 3 is 2.71 bits per heavy atom. The Labute approximate surface area is 144 Å². The zero-order chi connectivity index (χ0) is 16.9. The highest BCUT2D eigenvalue weighted by Crippen LogP contribution is 2.29. The fraction of sp³-hybridized carbons (Fsp3) is 0.167. The van der Waals surface area contributed by atoms with Crippen LogP contribution < -0.4 is 0 Å². The molecule has 2 aromatic heterocycles. The second-order valence-electron chi connectivity index (χ2n) is 5.28. The first-order chi connectivity index (χ1) is 11.6. The van der Waals surface area contributed by atoms with Gasteiger partial charge in [-0.2, -0.15) is 0 Å². The molecule has 0 aliphatic heterocycles. The molecule has 122 valence electrons. The SMILES string of the molecule is Cc1ccc(Sc2ncccc2C(=O)OCc2cc(C)on2)cc1.